The van der Waals surface area contributed by atoms with Crippen LogP contribution in [0.5, 0.6) is 0 Å². The van der Waals surface area contributed by atoms with E-state index in [0.717, 1.165) is 23.3 Å². The molecule has 0 unspecified atom stereocenters. The average Bonchev–Trinajstić information content (AvgIpc) is 3.19. The summed E-state index contributed by atoms with van der Waals surface area (Å²) in [6.45, 7) is 1.20. The Balaban J connectivity index is 1.42. The first-order valence-corrected chi connectivity index (χ1v) is 9.44. The number of amides is 2. The van der Waals surface area contributed by atoms with E-state index in [0.29, 0.717) is 13.1 Å². The molecule has 6 nitrogen and oxygen atoms in total. The molecular weight excluding hydrogens is 395 g/mol. The Morgan fingerprint density at radius 3 is 2.66 bits per heavy atom. The molecule has 3 aromatic rings. The van der Waals surface area contributed by atoms with Crippen molar-refractivity contribution in [2.75, 3.05) is 6.54 Å². The van der Waals surface area contributed by atoms with Gasteiger partial charge in [-0.05, 0) is 35.4 Å². The van der Waals surface area contributed by atoms with Crippen molar-refractivity contribution in [2.45, 2.75) is 19.5 Å². The lowest BCUT2D eigenvalue weighted by Gasteiger charge is -2.09. The second kappa shape index (κ2) is 9.84. The van der Waals surface area contributed by atoms with Crippen LogP contribution in [0.2, 0.25) is 5.02 Å². The first kappa shape index (κ1) is 20.5. The fourth-order valence-electron chi connectivity index (χ4n) is 2.77. The van der Waals surface area contributed by atoms with Crippen LogP contribution in [-0.4, -0.2) is 28.1 Å². The summed E-state index contributed by atoms with van der Waals surface area (Å²) in [7, 11) is 0. The molecule has 1 aromatic heterocycles. The van der Waals surface area contributed by atoms with E-state index in [2.05, 4.69) is 15.7 Å². The predicted molar refractivity (Wildman–Crippen MR) is 108 cm³/mol. The number of halogens is 2. The minimum Gasteiger partial charge on any atom is -0.352 e. The Hall–Kier alpha value is -3.19. The Kier molecular flexibility index (Phi) is 6.97. The number of rotatable bonds is 8. The molecule has 2 amide bonds. The maximum absolute atomic E-state index is 13.0. The quantitative estimate of drug-likeness (QED) is 0.594. The molecule has 150 valence electrons. The van der Waals surface area contributed by atoms with Crippen LogP contribution in [-0.2, 0) is 17.9 Å². The minimum atomic E-state index is -0.514. The molecule has 0 bridgehead atoms. The lowest BCUT2D eigenvalue weighted by molar-refractivity contribution is -0.121. The molecule has 8 heteroatoms. The van der Waals surface area contributed by atoms with Gasteiger partial charge in [0.1, 0.15) is 5.82 Å². The summed E-state index contributed by atoms with van der Waals surface area (Å²) in [6, 6.07) is 13.3. The second-order valence-electron chi connectivity index (χ2n) is 6.43. The van der Waals surface area contributed by atoms with E-state index in [9.17, 15) is 14.0 Å². The Morgan fingerprint density at radius 2 is 1.90 bits per heavy atom. The summed E-state index contributed by atoms with van der Waals surface area (Å²) in [5.41, 5.74) is 2.23. The zero-order valence-corrected chi connectivity index (χ0v) is 16.3. The van der Waals surface area contributed by atoms with Crippen LogP contribution in [0.25, 0.3) is 0 Å². The number of benzene rings is 2. The fraction of sp³-hybridized carbons (Fsp3) is 0.190. The van der Waals surface area contributed by atoms with E-state index in [-0.39, 0.29) is 29.5 Å². The molecule has 0 aliphatic heterocycles. The molecule has 1 heterocycles. The SMILES string of the molecule is O=C(CCNC(=O)c1ccc(F)cc1Cl)NCc1cccc(Cn2cccn2)c1. The number of carbonyl (C=O) groups excluding carboxylic acids is 2. The van der Waals surface area contributed by atoms with Crippen molar-refractivity contribution in [2.24, 2.45) is 0 Å². The summed E-state index contributed by atoms with van der Waals surface area (Å²) >= 11 is 5.86. The van der Waals surface area contributed by atoms with Crippen molar-refractivity contribution in [3.63, 3.8) is 0 Å². The molecule has 2 N–H and O–H groups in total. The van der Waals surface area contributed by atoms with Gasteiger partial charge in [0, 0.05) is 31.9 Å². The van der Waals surface area contributed by atoms with Crippen molar-refractivity contribution in [3.05, 3.63) is 88.5 Å². The van der Waals surface area contributed by atoms with Gasteiger partial charge >= 0.3 is 0 Å². The molecule has 0 radical (unpaired) electrons. The Bertz CT molecular complexity index is 992. The van der Waals surface area contributed by atoms with Crippen LogP contribution in [0.4, 0.5) is 4.39 Å². The van der Waals surface area contributed by atoms with E-state index < -0.39 is 11.7 Å². The summed E-state index contributed by atoms with van der Waals surface area (Å²) in [5, 5.41) is 9.64. The van der Waals surface area contributed by atoms with E-state index in [1.54, 1.807) is 6.20 Å². The molecule has 0 spiro atoms. The highest BCUT2D eigenvalue weighted by atomic mass is 35.5. The number of nitrogens with zero attached hydrogens (tertiary/aromatic N) is 2. The van der Waals surface area contributed by atoms with Crippen LogP contribution < -0.4 is 10.6 Å². The topological polar surface area (TPSA) is 76.0 Å². The predicted octanol–water partition coefficient (Wildman–Crippen LogP) is 3.16. The Morgan fingerprint density at radius 1 is 1.07 bits per heavy atom. The molecule has 2 aromatic carbocycles. The molecule has 0 fully saturated rings. The third kappa shape index (κ3) is 6.15. The highest BCUT2D eigenvalue weighted by molar-refractivity contribution is 6.33. The van der Waals surface area contributed by atoms with Crippen LogP contribution in [0, 0.1) is 5.82 Å². The van der Waals surface area contributed by atoms with Crippen LogP contribution in [0.1, 0.15) is 27.9 Å². The van der Waals surface area contributed by atoms with E-state index in [1.807, 2.05) is 41.2 Å². The van der Waals surface area contributed by atoms with Gasteiger partial charge in [0.2, 0.25) is 5.91 Å². The smallest absolute Gasteiger partial charge is 0.252 e. The monoisotopic (exact) mass is 414 g/mol. The molecule has 0 saturated heterocycles. The largest absolute Gasteiger partial charge is 0.352 e. The number of hydrogen-bond donors (Lipinski definition) is 2. The summed E-state index contributed by atoms with van der Waals surface area (Å²) in [6.07, 6.45) is 3.74. The zero-order chi connectivity index (χ0) is 20.6. The van der Waals surface area contributed by atoms with Crippen LogP contribution in [0.15, 0.2) is 60.9 Å². The highest BCUT2D eigenvalue weighted by Gasteiger charge is 2.11. The number of carbonyl (C=O) groups is 2. The van der Waals surface area contributed by atoms with Gasteiger partial charge < -0.3 is 10.6 Å². The molecular formula is C21H20ClFN4O2. The molecule has 3 rings (SSSR count). The van der Waals surface area contributed by atoms with Crippen LogP contribution in [0.3, 0.4) is 0 Å². The fourth-order valence-corrected chi connectivity index (χ4v) is 3.02. The number of aromatic nitrogens is 2. The molecule has 0 atom stereocenters. The first-order chi connectivity index (χ1) is 14.0. The van der Waals surface area contributed by atoms with Crippen molar-refractivity contribution in [3.8, 4) is 0 Å². The molecule has 0 saturated carbocycles. The summed E-state index contributed by atoms with van der Waals surface area (Å²) in [4.78, 5) is 24.1. The Labute approximate surface area is 172 Å². The normalized spacial score (nSPS) is 10.6. The first-order valence-electron chi connectivity index (χ1n) is 9.06. The maximum Gasteiger partial charge on any atom is 0.252 e. The van der Waals surface area contributed by atoms with Crippen molar-refractivity contribution in [1.82, 2.24) is 20.4 Å². The van der Waals surface area contributed by atoms with Crippen molar-refractivity contribution >= 4 is 23.4 Å². The van der Waals surface area contributed by atoms with Gasteiger partial charge in [-0.1, -0.05) is 35.9 Å². The third-order valence-corrected chi connectivity index (χ3v) is 4.51. The maximum atomic E-state index is 13.0. The van der Waals surface area contributed by atoms with Crippen LogP contribution >= 0.6 is 11.6 Å². The molecule has 29 heavy (non-hydrogen) atoms. The van der Waals surface area contributed by atoms with Gasteiger partial charge in [-0.3, -0.25) is 14.3 Å². The molecule has 0 aliphatic carbocycles. The lowest BCUT2D eigenvalue weighted by Crippen LogP contribution is -2.30. The number of nitrogens with one attached hydrogen (secondary N) is 2. The minimum absolute atomic E-state index is 0.0296. The van der Waals surface area contributed by atoms with Gasteiger partial charge in [-0.15, -0.1) is 0 Å². The van der Waals surface area contributed by atoms with E-state index in [1.165, 1.54) is 6.07 Å². The average molecular weight is 415 g/mol. The molecule has 0 aliphatic rings. The second-order valence-corrected chi connectivity index (χ2v) is 6.84. The highest BCUT2D eigenvalue weighted by Crippen LogP contribution is 2.16. The van der Waals surface area contributed by atoms with Gasteiger partial charge in [0.05, 0.1) is 17.1 Å². The third-order valence-electron chi connectivity index (χ3n) is 4.20. The summed E-state index contributed by atoms with van der Waals surface area (Å²) < 4.78 is 14.9. The van der Waals surface area contributed by atoms with Gasteiger partial charge in [-0.25, -0.2) is 4.39 Å². The van der Waals surface area contributed by atoms with Gasteiger partial charge in [-0.2, -0.15) is 5.10 Å². The number of hydrogen-bond acceptors (Lipinski definition) is 3. The lowest BCUT2D eigenvalue weighted by atomic mass is 10.1. The zero-order valence-electron chi connectivity index (χ0n) is 15.6. The van der Waals surface area contributed by atoms with Gasteiger partial charge in [0.25, 0.3) is 5.91 Å². The van der Waals surface area contributed by atoms with Crippen molar-refractivity contribution in [1.29, 1.82) is 0 Å². The van der Waals surface area contributed by atoms with E-state index >= 15 is 0 Å². The van der Waals surface area contributed by atoms with E-state index in [4.69, 9.17) is 11.6 Å². The van der Waals surface area contributed by atoms with Crippen molar-refractivity contribution < 1.29 is 14.0 Å². The summed E-state index contributed by atoms with van der Waals surface area (Å²) in [5.74, 6) is -1.15. The van der Waals surface area contributed by atoms with Gasteiger partial charge in [0.15, 0.2) is 0 Å². The standard InChI is InChI=1S/C21H20ClFN4O2/c22-19-12-17(23)5-6-18(19)21(29)24-9-7-20(28)25-13-15-3-1-4-16(11-15)14-27-10-2-8-26-27/h1-6,8,10-12H,7,9,13-14H2,(H,24,29)(H,25,28).